The summed E-state index contributed by atoms with van der Waals surface area (Å²) in [4.78, 5) is 4.48. The first-order chi connectivity index (χ1) is 8.86. The molecule has 0 amide bonds. The van der Waals surface area contributed by atoms with Crippen LogP contribution in [-0.4, -0.2) is 44.0 Å². The Morgan fingerprint density at radius 2 is 2.00 bits per heavy atom. The zero-order valence-electron chi connectivity index (χ0n) is 12.7. The minimum absolute atomic E-state index is 0.134. The molecular formula is C15H26N4. The summed E-state index contributed by atoms with van der Waals surface area (Å²) in [6, 6.07) is 6.51. The van der Waals surface area contributed by atoms with Crippen LogP contribution in [0.1, 0.15) is 25.0 Å². The van der Waals surface area contributed by atoms with Crippen LogP contribution in [0.25, 0.3) is 0 Å². The van der Waals surface area contributed by atoms with Gasteiger partial charge in [0.2, 0.25) is 0 Å². The minimum atomic E-state index is 0.134. The van der Waals surface area contributed by atoms with Gasteiger partial charge in [0.25, 0.3) is 0 Å². The van der Waals surface area contributed by atoms with Crippen LogP contribution in [-0.2, 0) is 0 Å². The smallest absolute Gasteiger partial charge is 0.124 e. The highest BCUT2D eigenvalue weighted by Crippen LogP contribution is 2.23. The summed E-state index contributed by atoms with van der Waals surface area (Å²) in [5, 5.41) is 7.76. The van der Waals surface area contributed by atoms with Crippen molar-refractivity contribution in [3.63, 3.8) is 0 Å². The van der Waals surface area contributed by atoms with E-state index < -0.39 is 0 Å². The molecule has 1 rings (SSSR count). The Balaban J connectivity index is 3.14. The molecule has 0 saturated heterocycles. The SMILES string of the molecule is CCN(c1ccc(C)cc1C(=N)N)C(C)CN(C)C. The summed E-state index contributed by atoms with van der Waals surface area (Å²) in [6.07, 6.45) is 0. The van der Waals surface area contributed by atoms with E-state index in [4.69, 9.17) is 11.1 Å². The molecule has 1 aromatic carbocycles. The normalized spacial score (nSPS) is 12.5. The van der Waals surface area contributed by atoms with Gasteiger partial charge >= 0.3 is 0 Å². The average molecular weight is 262 g/mol. The Morgan fingerprint density at radius 3 is 2.47 bits per heavy atom. The number of hydrogen-bond acceptors (Lipinski definition) is 3. The maximum absolute atomic E-state index is 7.76. The van der Waals surface area contributed by atoms with Crippen LogP contribution in [0, 0.1) is 12.3 Å². The van der Waals surface area contributed by atoms with Gasteiger partial charge in [-0.3, -0.25) is 5.41 Å². The van der Waals surface area contributed by atoms with Gasteiger partial charge in [0.15, 0.2) is 0 Å². The van der Waals surface area contributed by atoms with Crippen LogP contribution in [0.3, 0.4) is 0 Å². The van der Waals surface area contributed by atoms with Crippen LogP contribution in [0.2, 0.25) is 0 Å². The topological polar surface area (TPSA) is 56.4 Å². The highest BCUT2D eigenvalue weighted by molar-refractivity contribution is 6.00. The van der Waals surface area contributed by atoms with Crippen molar-refractivity contribution in [1.82, 2.24) is 4.90 Å². The zero-order valence-corrected chi connectivity index (χ0v) is 12.7. The fraction of sp³-hybridized carbons (Fsp3) is 0.533. The van der Waals surface area contributed by atoms with Gasteiger partial charge in [-0.2, -0.15) is 0 Å². The number of hydrogen-bond donors (Lipinski definition) is 2. The van der Waals surface area contributed by atoms with Crippen LogP contribution >= 0.6 is 0 Å². The molecule has 1 unspecified atom stereocenters. The second kappa shape index (κ2) is 6.57. The molecule has 19 heavy (non-hydrogen) atoms. The predicted octanol–water partition coefficient (Wildman–Crippen LogP) is 2.06. The Kier molecular flexibility index (Phi) is 5.36. The first kappa shape index (κ1) is 15.5. The lowest BCUT2D eigenvalue weighted by Gasteiger charge is -2.33. The maximum Gasteiger partial charge on any atom is 0.124 e. The predicted molar refractivity (Wildman–Crippen MR) is 83.2 cm³/mol. The standard InChI is InChI=1S/C15H26N4/c1-6-19(12(3)10-18(4)5)14-8-7-11(2)9-13(14)15(16)17/h7-9,12H,6,10H2,1-5H3,(H3,16,17). The van der Waals surface area contributed by atoms with Crippen molar-refractivity contribution < 1.29 is 0 Å². The van der Waals surface area contributed by atoms with Gasteiger partial charge in [-0.1, -0.05) is 11.6 Å². The second-order valence-electron chi connectivity index (χ2n) is 5.33. The van der Waals surface area contributed by atoms with Crippen molar-refractivity contribution >= 4 is 11.5 Å². The lowest BCUT2D eigenvalue weighted by Crippen LogP contribution is -2.41. The van der Waals surface area contributed by atoms with E-state index in [0.29, 0.717) is 6.04 Å². The van der Waals surface area contributed by atoms with Gasteiger partial charge in [0.1, 0.15) is 5.84 Å². The summed E-state index contributed by atoms with van der Waals surface area (Å²) in [7, 11) is 4.15. The van der Waals surface area contributed by atoms with E-state index in [9.17, 15) is 0 Å². The second-order valence-corrected chi connectivity index (χ2v) is 5.33. The largest absolute Gasteiger partial charge is 0.384 e. The fourth-order valence-electron chi connectivity index (χ4n) is 2.46. The number of nitrogens with zero attached hydrogens (tertiary/aromatic N) is 2. The lowest BCUT2D eigenvalue weighted by molar-refractivity contribution is 0.373. The summed E-state index contributed by atoms with van der Waals surface area (Å²) in [5.74, 6) is 0.134. The Bertz CT molecular complexity index is 440. The number of nitrogen functional groups attached to an aromatic ring is 1. The first-order valence-electron chi connectivity index (χ1n) is 6.73. The molecule has 1 atom stereocenters. The molecule has 4 heteroatoms. The number of benzene rings is 1. The van der Waals surface area contributed by atoms with E-state index >= 15 is 0 Å². The van der Waals surface area contributed by atoms with Crippen molar-refractivity contribution in [2.45, 2.75) is 26.8 Å². The third kappa shape index (κ3) is 3.96. The number of anilines is 1. The summed E-state index contributed by atoms with van der Waals surface area (Å²) < 4.78 is 0. The van der Waals surface area contributed by atoms with Gasteiger partial charge in [-0.05, 0) is 47.0 Å². The summed E-state index contributed by atoms with van der Waals surface area (Å²) in [5.41, 5.74) is 8.73. The summed E-state index contributed by atoms with van der Waals surface area (Å²) >= 11 is 0. The molecule has 0 aliphatic rings. The molecule has 0 aliphatic heterocycles. The van der Waals surface area contributed by atoms with Crippen molar-refractivity contribution in [3.05, 3.63) is 29.3 Å². The van der Waals surface area contributed by atoms with Crippen LogP contribution in [0.5, 0.6) is 0 Å². The quantitative estimate of drug-likeness (QED) is 0.609. The molecule has 4 nitrogen and oxygen atoms in total. The van der Waals surface area contributed by atoms with E-state index in [0.717, 1.165) is 29.9 Å². The third-order valence-corrected chi connectivity index (χ3v) is 3.25. The molecule has 0 fully saturated rings. The fourth-order valence-corrected chi connectivity index (χ4v) is 2.46. The highest BCUT2D eigenvalue weighted by atomic mass is 15.2. The minimum Gasteiger partial charge on any atom is -0.384 e. The number of amidine groups is 1. The van der Waals surface area contributed by atoms with Crippen LogP contribution < -0.4 is 10.6 Å². The van der Waals surface area contributed by atoms with E-state index in [2.05, 4.69) is 49.9 Å². The van der Waals surface area contributed by atoms with E-state index in [1.54, 1.807) is 0 Å². The van der Waals surface area contributed by atoms with Crippen molar-refractivity contribution in [2.75, 3.05) is 32.1 Å². The van der Waals surface area contributed by atoms with Gasteiger partial charge in [-0.25, -0.2) is 0 Å². The Hall–Kier alpha value is -1.55. The molecule has 106 valence electrons. The van der Waals surface area contributed by atoms with Crippen molar-refractivity contribution in [3.8, 4) is 0 Å². The third-order valence-electron chi connectivity index (χ3n) is 3.25. The monoisotopic (exact) mass is 262 g/mol. The number of rotatable bonds is 6. The Morgan fingerprint density at radius 1 is 1.37 bits per heavy atom. The van der Waals surface area contributed by atoms with Crippen molar-refractivity contribution in [2.24, 2.45) is 5.73 Å². The highest BCUT2D eigenvalue weighted by Gasteiger charge is 2.17. The van der Waals surface area contributed by atoms with E-state index in [1.807, 2.05) is 13.0 Å². The first-order valence-corrected chi connectivity index (χ1v) is 6.73. The van der Waals surface area contributed by atoms with Gasteiger partial charge in [0.05, 0.1) is 0 Å². The zero-order chi connectivity index (χ0) is 14.6. The van der Waals surface area contributed by atoms with E-state index in [1.165, 1.54) is 0 Å². The number of nitrogens with one attached hydrogen (secondary N) is 1. The van der Waals surface area contributed by atoms with Gasteiger partial charge < -0.3 is 15.5 Å². The van der Waals surface area contributed by atoms with Crippen molar-refractivity contribution in [1.29, 1.82) is 5.41 Å². The summed E-state index contributed by atoms with van der Waals surface area (Å²) in [6.45, 7) is 8.23. The Labute approximate surface area is 116 Å². The van der Waals surface area contributed by atoms with Gasteiger partial charge in [0, 0.05) is 30.4 Å². The molecule has 3 N–H and O–H groups in total. The lowest BCUT2D eigenvalue weighted by atomic mass is 10.1. The molecule has 0 aliphatic carbocycles. The molecule has 0 aromatic heterocycles. The number of nitrogens with two attached hydrogens (primary N) is 1. The number of likely N-dealkylation sites (N-methyl/N-ethyl adjacent to an activating group) is 2. The maximum atomic E-state index is 7.76. The van der Waals surface area contributed by atoms with Gasteiger partial charge in [-0.15, -0.1) is 0 Å². The molecule has 0 heterocycles. The molecule has 0 radical (unpaired) electrons. The van der Waals surface area contributed by atoms with Crippen LogP contribution in [0.4, 0.5) is 5.69 Å². The van der Waals surface area contributed by atoms with Crippen LogP contribution in [0.15, 0.2) is 18.2 Å². The molecule has 0 bridgehead atoms. The molecular weight excluding hydrogens is 236 g/mol. The molecule has 1 aromatic rings. The average Bonchev–Trinajstić information content (AvgIpc) is 2.30. The number of aryl methyl sites for hydroxylation is 1. The molecule has 0 spiro atoms. The molecule has 0 saturated carbocycles. The van der Waals surface area contributed by atoms with E-state index in [-0.39, 0.29) is 5.84 Å².